The molecule has 3 aromatic rings. The molecule has 0 saturated heterocycles. The Balaban J connectivity index is 1.81. The molecule has 0 bridgehead atoms. The molecule has 0 aromatic heterocycles. The molecule has 0 saturated carbocycles. The van der Waals surface area contributed by atoms with Crippen LogP contribution in [0.5, 0.6) is 0 Å². The van der Waals surface area contributed by atoms with E-state index >= 15 is 0 Å². The lowest BCUT2D eigenvalue weighted by Crippen LogP contribution is -2.04. The van der Waals surface area contributed by atoms with Gasteiger partial charge in [0.25, 0.3) is 0 Å². The summed E-state index contributed by atoms with van der Waals surface area (Å²) in [6.07, 6.45) is 2.28. The molecule has 3 heteroatoms. The fourth-order valence-corrected chi connectivity index (χ4v) is 4.37. The van der Waals surface area contributed by atoms with Crippen LogP contribution in [0, 0.1) is 0 Å². The Kier molecular flexibility index (Phi) is 2.91. The van der Waals surface area contributed by atoms with Crippen LogP contribution < -0.4 is 0 Å². The third-order valence-corrected chi connectivity index (χ3v) is 5.93. The van der Waals surface area contributed by atoms with Crippen LogP contribution in [0.2, 0.25) is 0 Å². The van der Waals surface area contributed by atoms with Crippen LogP contribution in [0.25, 0.3) is 16.8 Å². The molecule has 0 unspecified atom stereocenters. The minimum atomic E-state index is -3.40. The minimum absolute atomic E-state index is 0.360. The average molecular weight is 306 g/mol. The van der Waals surface area contributed by atoms with Crippen LogP contribution in [0.4, 0.5) is 0 Å². The average Bonchev–Trinajstić information content (AvgIpc) is 2.97. The van der Waals surface area contributed by atoms with Gasteiger partial charge in [0, 0.05) is 6.42 Å². The third kappa shape index (κ3) is 2.06. The van der Waals surface area contributed by atoms with Gasteiger partial charge < -0.3 is 0 Å². The number of hydrogen-bond donors (Lipinski definition) is 0. The summed E-state index contributed by atoms with van der Waals surface area (Å²) in [7, 11) is -3.40. The number of benzene rings is 3. The minimum Gasteiger partial charge on any atom is -0.219 e. The van der Waals surface area contributed by atoms with Gasteiger partial charge in [-0.2, -0.15) is 0 Å². The van der Waals surface area contributed by atoms with Gasteiger partial charge in [0.2, 0.25) is 9.84 Å². The molecule has 0 heterocycles. The summed E-state index contributed by atoms with van der Waals surface area (Å²) in [5.41, 5.74) is 2.08. The smallest absolute Gasteiger partial charge is 0.203 e. The van der Waals surface area contributed by atoms with E-state index in [0.717, 1.165) is 21.9 Å². The van der Waals surface area contributed by atoms with Gasteiger partial charge in [0.1, 0.15) is 0 Å². The summed E-state index contributed by atoms with van der Waals surface area (Å²) < 4.78 is 25.5. The van der Waals surface area contributed by atoms with E-state index in [0.29, 0.717) is 16.2 Å². The quantitative estimate of drug-likeness (QED) is 0.710. The number of sulfone groups is 1. The van der Waals surface area contributed by atoms with Crippen molar-refractivity contribution in [1.29, 1.82) is 0 Å². The molecule has 22 heavy (non-hydrogen) atoms. The molecular formula is C19H14O2S. The highest BCUT2D eigenvalue weighted by Crippen LogP contribution is 2.34. The maximum absolute atomic E-state index is 12.7. The molecule has 1 aliphatic carbocycles. The Bertz CT molecular complexity index is 1000. The fourth-order valence-electron chi connectivity index (χ4n) is 2.93. The zero-order valence-electron chi connectivity index (χ0n) is 11.9. The van der Waals surface area contributed by atoms with E-state index < -0.39 is 9.84 Å². The summed E-state index contributed by atoms with van der Waals surface area (Å²) in [5.74, 6) is 0. The lowest BCUT2D eigenvalue weighted by Gasteiger charge is -2.05. The highest BCUT2D eigenvalue weighted by atomic mass is 32.2. The molecule has 1 aliphatic rings. The van der Waals surface area contributed by atoms with Crippen LogP contribution in [0.3, 0.4) is 0 Å². The first-order chi connectivity index (χ1) is 10.6. The molecule has 0 fully saturated rings. The van der Waals surface area contributed by atoms with Crippen molar-refractivity contribution in [3.8, 4) is 0 Å². The first-order valence-electron chi connectivity index (χ1n) is 7.17. The number of rotatable bonds is 2. The van der Waals surface area contributed by atoms with Gasteiger partial charge in [-0.3, -0.25) is 0 Å². The summed E-state index contributed by atoms with van der Waals surface area (Å²) in [4.78, 5) is 0.836. The topological polar surface area (TPSA) is 34.1 Å². The molecule has 108 valence electrons. The van der Waals surface area contributed by atoms with Crippen LogP contribution in [-0.2, 0) is 16.3 Å². The van der Waals surface area contributed by atoms with Gasteiger partial charge in [-0.05, 0) is 46.2 Å². The van der Waals surface area contributed by atoms with E-state index in [9.17, 15) is 8.42 Å². The van der Waals surface area contributed by atoms with E-state index in [-0.39, 0.29) is 0 Å². The summed E-state index contributed by atoms with van der Waals surface area (Å²) >= 11 is 0. The Labute approximate surface area is 129 Å². The second-order valence-electron chi connectivity index (χ2n) is 5.50. The zero-order chi connectivity index (χ0) is 15.2. The molecule has 2 nitrogen and oxygen atoms in total. The van der Waals surface area contributed by atoms with Gasteiger partial charge >= 0.3 is 0 Å². The second kappa shape index (κ2) is 4.82. The first-order valence-corrected chi connectivity index (χ1v) is 8.65. The van der Waals surface area contributed by atoms with Gasteiger partial charge in [-0.15, -0.1) is 0 Å². The van der Waals surface area contributed by atoms with E-state index in [4.69, 9.17) is 0 Å². The lowest BCUT2D eigenvalue weighted by atomic mass is 10.0. The van der Waals surface area contributed by atoms with E-state index in [1.54, 1.807) is 24.3 Å². The Morgan fingerprint density at radius 2 is 1.41 bits per heavy atom. The van der Waals surface area contributed by atoms with E-state index in [1.165, 1.54) is 0 Å². The molecule has 3 aromatic carbocycles. The standard InChI is InChI=1S/C19H14O2S/c20-22(21,18-8-2-1-3-9-18)19-12-16-10-14-6-4-5-7-15(14)11-17(16)13-19/h1-12H,13H2. The van der Waals surface area contributed by atoms with Gasteiger partial charge in [-0.1, -0.05) is 48.5 Å². The monoisotopic (exact) mass is 306 g/mol. The maximum atomic E-state index is 12.7. The summed E-state index contributed by atoms with van der Waals surface area (Å²) in [6, 6.07) is 20.9. The van der Waals surface area contributed by atoms with Crippen molar-refractivity contribution in [3.63, 3.8) is 0 Å². The van der Waals surface area contributed by atoms with E-state index in [2.05, 4.69) is 18.2 Å². The van der Waals surface area contributed by atoms with Gasteiger partial charge in [-0.25, -0.2) is 8.42 Å². The van der Waals surface area contributed by atoms with Crippen molar-refractivity contribution in [2.75, 3.05) is 0 Å². The van der Waals surface area contributed by atoms with Gasteiger partial charge in [0.05, 0.1) is 9.80 Å². The Hall–Kier alpha value is -2.39. The molecular weight excluding hydrogens is 292 g/mol. The van der Waals surface area contributed by atoms with E-state index in [1.807, 2.05) is 30.3 Å². The number of allylic oxidation sites excluding steroid dienone is 1. The van der Waals surface area contributed by atoms with Crippen LogP contribution in [0.1, 0.15) is 11.1 Å². The Morgan fingerprint density at radius 3 is 2.14 bits per heavy atom. The molecule has 0 radical (unpaired) electrons. The second-order valence-corrected chi connectivity index (χ2v) is 7.50. The highest BCUT2D eigenvalue weighted by molar-refractivity contribution is 7.95. The Morgan fingerprint density at radius 1 is 0.773 bits per heavy atom. The first kappa shape index (κ1) is 13.3. The van der Waals surface area contributed by atoms with Crippen molar-refractivity contribution in [2.24, 2.45) is 0 Å². The third-order valence-electron chi connectivity index (χ3n) is 4.09. The van der Waals surface area contributed by atoms with Gasteiger partial charge in [0.15, 0.2) is 0 Å². The van der Waals surface area contributed by atoms with Crippen molar-refractivity contribution >= 4 is 26.7 Å². The van der Waals surface area contributed by atoms with Crippen molar-refractivity contribution in [3.05, 3.63) is 82.8 Å². The molecule has 0 N–H and O–H groups in total. The molecule has 0 atom stereocenters. The van der Waals surface area contributed by atoms with Crippen LogP contribution in [-0.4, -0.2) is 8.42 Å². The van der Waals surface area contributed by atoms with Crippen molar-refractivity contribution in [1.82, 2.24) is 0 Å². The predicted octanol–water partition coefficient (Wildman–Crippen LogP) is 4.21. The van der Waals surface area contributed by atoms with Crippen molar-refractivity contribution in [2.45, 2.75) is 11.3 Å². The molecule has 0 amide bonds. The largest absolute Gasteiger partial charge is 0.219 e. The zero-order valence-corrected chi connectivity index (χ0v) is 12.7. The summed E-state index contributed by atoms with van der Waals surface area (Å²) in [5, 5.41) is 2.28. The van der Waals surface area contributed by atoms with Crippen molar-refractivity contribution < 1.29 is 8.42 Å². The number of hydrogen-bond acceptors (Lipinski definition) is 2. The van der Waals surface area contributed by atoms with Crippen LogP contribution >= 0.6 is 0 Å². The van der Waals surface area contributed by atoms with Crippen LogP contribution in [0.15, 0.2) is 76.5 Å². The predicted molar refractivity (Wildman–Crippen MR) is 89.3 cm³/mol. The summed E-state index contributed by atoms with van der Waals surface area (Å²) in [6.45, 7) is 0. The SMILES string of the molecule is O=S(=O)(C1=Cc2cc3ccccc3cc2C1)c1ccccc1. The molecule has 0 spiro atoms. The normalized spacial score (nSPS) is 13.9. The molecule has 0 aliphatic heterocycles. The molecule has 4 rings (SSSR count). The fraction of sp³-hybridized carbons (Fsp3) is 0.0526. The lowest BCUT2D eigenvalue weighted by molar-refractivity contribution is 0.601. The maximum Gasteiger partial charge on any atom is 0.203 e. The number of fused-ring (bicyclic) bond motifs is 2. The highest BCUT2D eigenvalue weighted by Gasteiger charge is 2.25.